The van der Waals surface area contributed by atoms with Crippen LogP contribution in [0.2, 0.25) is 0 Å². The second kappa shape index (κ2) is 5.17. The van der Waals surface area contributed by atoms with Crippen molar-refractivity contribution in [3.8, 4) is 11.1 Å². The van der Waals surface area contributed by atoms with E-state index < -0.39 is 0 Å². The first-order valence-corrected chi connectivity index (χ1v) is 7.13. The number of nitrogens with one attached hydrogen (secondary N) is 1. The summed E-state index contributed by atoms with van der Waals surface area (Å²) in [5.74, 6) is 0. The third-order valence-electron chi connectivity index (χ3n) is 3.87. The summed E-state index contributed by atoms with van der Waals surface area (Å²) in [6.45, 7) is 6.16. The summed E-state index contributed by atoms with van der Waals surface area (Å²) in [4.78, 5) is 0. The fourth-order valence-corrected chi connectivity index (χ4v) is 2.51. The van der Waals surface area contributed by atoms with Gasteiger partial charge in [0.05, 0.1) is 6.20 Å². The van der Waals surface area contributed by atoms with E-state index in [1.807, 2.05) is 6.20 Å². The van der Waals surface area contributed by atoms with Crippen LogP contribution in [-0.2, 0) is 13.1 Å². The summed E-state index contributed by atoms with van der Waals surface area (Å²) < 4.78 is 2.06. The molecule has 1 aliphatic carbocycles. The second-order valence-electron chi connectivity index (χ2n) is 5.27. The van der Waals surface area contributed by atoms with Crippen LogP contribution in [0.1, 0.15) is 31.0 Å². The lowest BCUT2D eigenvalue weighted by atomic mass is 10.0. The molecule has 1 aromatic heterocycles. The highest BCUT2D eigenvalue weighted by atomic mass is 15.3. The van der Waals surface area contributed by atoms with Crippen LogP contribution >= 0.6 is 0 Å². The highest BCUT2D eigenvalue weighted by Crippen LogP contribution is 2.27. The van der Waals surface area contributed by atoms with Crippen LogP contribution in [0.15, 0.2) is 30.5 Å². The topological polar surface area (TPSA) is 29.9 Å². The fourth-order valence-electron chi connectivity index (χ4n) is 2.51. The zero-order valence-electron chi connectivity index (χ0n) is 11.7. The molecule has 1 saturated carbocycles. The van der Waals surface area contributed by atoms with E-state index in [4.69, 9.17) is 0 Å². The molecule has 1 N–H and O–H groups in total. The Kier molecular flexibility index (Phi) is 3.38. The van der Waals surface area contributed by atoms with Crippen LogP contribution in [0.3, 0.4) is 0 Å². The number of benzene rings is 1. The zero-order valence-corrected chi connectivity index (χ0v) is 11.7. The molecule has 0 bridgehead atoms. The van der Waals surface area contributed by atoms with E-state index in [2.05, 4.69) is 53.2 Å². The van der Waals surface area contributed by atoms with Gasteiger partial charge in [-0.3, -0.25) is 4.68 Å². The van der Waals surface area contributed by atoms with E-state index in [0.29, 0.717) is 0 Å². The van der Waals surface area contributed by atoms with Crippen LogP contribution in [0.25, 0.3) is 11.1 Å². The number of aryl methyl sites for hydroxylation is 1. The van der Waals surface area contributed by atoms with Crippen LogP contribution in [-0.4, -0.2) is 15.8 Å². The van der Waals surface area contributed by atoms with Gasteiger partial charge in [-0.1, -0.05) is 24.3 Å². The maximum atomic E-state index is 4.46. The molecule has 3 heteroatoms. The Balaban J connectivity index is 1.91. The zero-order chi connectivity index (χ0) is 13.2. The van der Waals surface area contributed by atoms with Gasteiger partial charge in [0.2, 0.25) is 0 Å². The predicted molar refractivity (Wildman–Crippen MR) is 77.9 cm³/mol. The lowest BCUT2D eigenvalue weighted by molar-refractivity contribution is 0.640. The number of hydrogen-bond donors (Lipinski definition) is 1. The van der Waals surface area contributed by atoms with E-state index in [1.54, 1.807) is 0 Å². The van der Waals surface area contributed by atoms with Crippen LogP contribution in [0.5, 0.6) is 0 Å². The van der Waals surface area contributed by atoms with Gasteiger partial charge >= 0.3 is 0 Å². The van der Waals surface area contributed by atoms with Gasteiger partial charge in [-0.15, -0.1) is 0 Å². The number of nitrogens with zero attached hydrogens (tertiary/aromatic N) is 2. The predicted octanol–water partition coefficient (Wildman–Crippen LogP) is 3.13. The smallest absolute Gasteiger partial charge is 0.0571 e. The Bertz CT molecular complexity index is 567. The van der Waals surface area contributed by atoms with Crippen molar-refractivity contribution in [3.05, 3.63) is 41.7 Å². The van der Waals surface area contributed by atoms with Gasteiger partial charge in [-0.2, -0.15) is 5.10 Å². The Labute approximate surface area is 114 Å². The van der Waals surface area contributed by atoms with Crippen LogP contribution in [0, 0.1) is 6.92 Å². The summed E-state index contributed by atoms with van der Waals surface area (Å²) in [7, 11) is 0. The Morgan fingerprint density at radius 1 is 1.26 bits per heavy atom. The monoisotopic (exact) mass is 255 g/mol. The molecule has 100 valence electrons. The maximum absolute atomic E-state index is 4.46. The van der Waals surface area contributed by atoms with Crippen molar-refractivity contribution < 1.29 is 0 Å². The normalized spacial score (nSPS) is 14.8. The Morgan fingerprint density at radius 3 is 2.74 bits per heavy atom. The van der Waals surface area contributed by atoms with Gasteiger partial charge in [0, 0.05) is 30.4 Å². The summed E-state index contributed by atoms with van der Waals surface area (Å²) in [6.07, 6.45) is 4.65. The minimum absolute atomic E-state index is 0.743. The molecule has 1 aliphatic rings. The van der Waals surface area contributed by atoms with Crippen molar-refractivity contribution in [2.24, 2.45) is 0 Å². The first-order chi connectivity index (χ1) is 9.29. The molecule has 0 atom stereocenters. The highest BCUT2D eigenvalue weighted by molar-refractivity contribution is 5.68. The number of hydrogen-bond acceptors (Lipinski definition) is 2. The lowest BCUT2D eigenvalue weighted by Gasteiger charge is -2.10. The molecule has 3 nitrogen and oxygen atoms in total. The van der Waals surface area contributed by atoms with Crippen molar-refractivity contribution in [2.45, 2.75) is 45.8 Å². The maximum Gasteiger partial charge on any atom is 0.0571 e. The van der Waals surface area contributed by atoms with Crippen LogP contribution < -0.4 is 5.32 Å². The highest BCUT2D eigenvalue weighted by Gasteiger charge is 2.20. The Hall–Kier alpha value is -1.61. The molecule has 1 aromatic carbocycles. The molecule has 0 unspecified atom stereocenters. The van der Waals surface area contributed by atoms with Gasteiger partial charge in [-0.25, -0.2) is 0 Å². The lowest BCUT2D eigenvalue weighted by Crippen LogP contribution is -2.15. The average Bonchev–Trinajstić information content (AvgIpc) is 3.19. The molecule has 0 aliphatic heterocycles. The average molecular weight is 255 g/mol. The molecule has 0 radical (unpaired) electrons. The van der Waals surface area contributed by atoms with E-state index in [1.165, 1.54) is 35.2 Å². The van der Waals surface area contributed by atoms with Crippen molar-refractivity contribution >= 4 is 0 Å². The molecule has 19 heavy (non-hydrogen) atoms. The summed E-state index contributed by atoms with van der Waals surface area (Å²) in [5, 5.41) is 8.05. The number of aromatic nitrogens is 2. The van der Waals surface area contributed by atoms with Crippen molar-refractivity contribution in [3.63, 3.8) is 0 Å². The van der Waals surface area contributed by atoms with Crippen molar-refractivity contribution in [2.75, 3.05) is 0 Å². The molecule has 2 aromatic rings. The molecule has 1 heterocycles. The molecule has 0 spiro atoms. The van der Waals surface area contributed by atoms with Gasteiger partial charge in [0.1, 0.15) is 0 Å². The van der Waals surface area contributed by atoms with Gasteiger partial charge in [-0.05, 0) is 37.8 Å². The summed E-state index contributed by atoms with van der Waals surface area (Å²) in [5.41, 5.74) is 5.19. The Morgan fingerprint density at radius 2 is 2.05 bits per heavy atom. The van der Waals surface area contributed by atoms with Crippen molar-refractivity contribution in [1.82, 2.24) is 15.1 Å². The van der Waals surface area contributed by atoms with E-state index >= 15 is 0 Å². The molecule has 0 saturated heterocycles. The minimum atomic E-state index is 0.743. The molecule has 3 rings (SSSR count). The van der Waals surface area contributed by atoms with Gasteiger partial charge in [0.15, 0.2) is 0 Å². The third kappa shape index (κ3) is 2.56. The van der Waals surface area contributed by atoms with E-state index in [0.717, 1.165) is 19.1 Å². The van der Waals surface area contributed by atoms with Crippen LogP contribution in [0.4, 0.5) is 0 Å². The van der Waals surface area contributed by atoms with Crippen molar-refractivity contribution in [1.29, 1.82) is 0 Å². The summed E-state index contributed by atoms with van der Waals surface area (Å²) in [6, 6.07) is 9.39. The standard InChI is InChI=1S/C16H21N3/c1-3-19-12(2)16(11-18-19)15-7-5-4-6-13(15)10-17-14-8-9-14/h4-7,11,14,17H,3,8-10H2,1-2H3. The molecular formula is C16H21N3. The fraction of sp³-hybridized carbons (Fsp3) is 0.438. The van der Waals surface area contributed by atoms with Gasteiger partial charge < -0.3 is 5.32 Å². The first-order valence-electron chi connectivity index (χ1n) is 7.13. The quantitative estimate of drug-likeness (QED) is 0.889. The molecular weight excluding hydrogens is 234 g/mol. The SMILES string of the molecule is CCn1ncc(-c2ccccc2CNC2CC2)c1C. The van der Waals surface area contributed by atoms with E-state index in [-0.39, 0.29) is 0 Å². The first kappa shape index (κ1) is 12.4. The molecule has 0 amide bonds. The number of rotatable bonds is 5. The van der Waals surface area contributed by atoms with E-state index in [9.17, 15) is 0 Å². The second-order valence-corrected chi connectivity index (χ2v) is 5.27. The molecule has 1 fully saturated rings. The minimum Gasteiger partial charge on any atom is -0.310 e. The summed E-state index contributed by atoms with van der Waals surface area (Å²) >= 11 is 0. The van der Waals surface area contributed by atoms with Gasteiger partial charge in [0.25, 0.3) is 0 Å². The largest absolute Gasteiger partial charge is 0.310 e. The third-order valence-corrected chi connectivity index (χ3v) is 3.87.